The van der Waals surface area contributed by atoms with Gasteiger partial charge in [0.15, 0.2) is 6.61 Å². The van der Waals surface area contributed by atoms with E-state index in [9.17, 15) is 26.8 Å². The highest BCUT2D eigenvalue weighted by molar-refractivity contribution is 7.89. The second kappa shape index (κ2) is 8.57. The first-order chi connectivity index (χ1) is 13.7. The SMILES string of the molecule is O=C(COC(=O)c1ccc(S(=O)(=O)NC2CC2)o1)Nc1ccccc1OC(F)F. The van der Waals surface area contributed by atoms with Crippen LogP contribution in [0.4, 0.5) is 14.5 Å². The van der Waals surface area contributed by atoms with Gasteiger partial charge in [-0.25, -0.2) is 17.9 Å². The Morgan fingerprint density at radius 2 is 1.90 bits per heavy atom. The number of sulfonamides is 1. The van der Waals surface area contributed by atoms with Crippen molar-refractivity contribution >= 4 is 27.6 Å². The predicted molar refractivity (Wildman–Crippen MR) is 94.0 cm³/mol. The first kappa shape index (κ1) is 20.7. The Morgan fingerprint density at radius 3 is 2.59 bits per heavy atom. The van der Waals surface area contributed by atoms with Gasteiger partial charge >= 0.3 is 12.6 Å². The van der Waals surface area contributed by atoms with Crippen LogP contribution in [-0.2, 0) is 19.6 Å². The zero-order valence-corrected chi connectivity index (χ0v) is 15.6. The van der Waals surface area contributed by atoms with Gasteiger partial charge in [-0.05, 0) is 37.1 Å². The molecule has 0 saturated heterocycles. The van der Waals surface area contributed by atoms with Gasteiger partial charge in [0.1, 0.15) is 5.75 Å². The number of esters is 1. The molecule has 156 valence electrons. The maximum Gasteiger partial charge on any atom is 0.387 e. The highest BCUT2D eigenvalue weighted by Crippen LogP contribution is 2.25. The number of nitrogens with one attached hydrogen (secondary N) is 2. The molecule has 0 unspecified atom stereocenters. The minimum atomic E-state index is -3.88. The van der Waals surface area contributed by atoms with Gasteiger partial charge in [-0.2, -0.15) is 8.78 Å². The zero-order chi connectivity index (χ0) is 21.0. The van der Waals surface area contributed by atoms with Gasteiger partial charge in [0.25, 0.3) is 15.9 Å². The van der Waals surface area contributed by atoms with Crippen molar-refractivity contribution in [3.8, 4) is 5.75 Å². The molecule has 0 atom stereocenters. The van der Waals surface area contributed by atoms with E-state index >= 15 is 0 Å². The van der Waals surface area contributed by atoms with E-state index in [1.165, 1.54) is 24.3 Å². The van der Waals surface area contributed by atoms with E-state index in [0.29, 0.717) is 0 Å². The third kappa shape index (κ3) is 5.74. The third-order valence-electron chi connectivity index (χ3n) is 3.66. The van der Waals surface area contributed by atoms with Crippen LogP contribution in [0.25, 0.3) is 0 Å². The Morgan fingerprint density at radius 1 is 1.17 bits per heavy atom. The van der Waals surface area contributed by atoms with E-state index in [2.05, 4.69) is 14.8 Å². The van der Waals surface area contributed by atoms with Crippen molar-refractivity contribution in [2.45, 2.75) is 30.6 Å². The summed E-state index contributed by atoms with van der Waals surface area (Å²) in [5.74, 6) is -2.55. The fourth-order valence-corrected chi connectivity index (χ4v) is 3.45. The third-order valence-corrected chi connectivity index (χ3v) is 5.05. The average Bonchev–Trinajstić information content (AvgIpc) is 3.30. The summed E-state index contributed by atoms with van der Waals surface area (Å²) in [6.45, 7) is -3.84. The molecule has 1 heterocycles. The summed E-state index contributed by atoms with van der Waals surface area (Å²) >= 11 is 0. The van der Waals surface area contributed by atoms with Gasteiger partial charge < -0.3 is 19.2 Å². The van der Waals surface area contributed by atoms with E-state index in [4.69, 9.17) is 9.15 Å². The highest BCUT2D eigenvalue weighted by Gasteiger charge is 2.30. The normalized spacial score (nSPS) is 13.9. The van der Waals surface area contributed by atoms with Crippen LogP contribution in [0.3, 0.4) is 0 Å². The molecule has 2 aromatic rings. The van der Waals surface area contributed by atoms with Gasteiger partial charge in [0.05, 0.1) is 5.69 Å². The van der Waals surface area contributed by atoms with Crippen molar-refractivity contribution in [2.75, 3.05) is 11.9 Å². The second-order valence-electron chi connectivity index (χ2n) is 6.01. The van der Waals surface area contributed by atoms with Gasteiger partial charge in [-0.3, -0.25) is 4.79 Å². The summed E-state index contributed by atoms with van der Waals surface area (Å²) in [6, 6.07) is 7.55. The first-order valence-corrected chi connectivity index (χ1v) is 9.86. The minimum absolute atomic E-state index is 0.0358. The largest absolute Gasteiger partial charge is 0.450 e. The Labute approximate surface area is 164 Å². The molecule has 1 saturated carbocycles. The maximum atomic E-state index is 12.4. The summed E-state index contributed by atoms with van der Waals surface area (Å²) in [5, 5.41) is 1.82. The molecule has 0 aliphatic heterocycles. The number of benzene rings is 1. The summed E-state index contributed by atoms with van der Waals surface area (Å²) < 4.78 is 65.2. The number of amides is 1. The topological polar surface area (TPSA) is 124 Å². The zero-order valence-electron chi connectivity index (χ0n) is 14.8. The second-order valence-corrected chi connectivity index (χ2v) is 7.66. The number of rotatable bonds is 9. The van der Waals surface area contributed by atoms with Crippen molar-refractivity contribution in [1.82, 2.24) is 4.72 Å². The van der Waals surface area contributed by atoms with Gasteiger partial charge in [0.2, 0.25) is 10.9 Å². The molecule has 3 rings (SSSR count). The Kier molecular flexibility index (Phi) is 6.13. The minimum Gasteiger partial charge on any atom is -0.450 e. The monoisotopic (exact) mass is 430 g/mol. The lowest BCUT2D eigenvalue weighted by Gasteiger charge is -2.11. The molecule has 0 spiro atoms. The molecule has 1 amide bonds. The number of furan rings is 1. The van der Waals surface area contributed by atoms with Crippen molar-refractivity contribution in [1.29, 1.82) is 0 Å². The Bertz CT molecular complexity index is 1000. The number of ether oxygens (including phenoxy) is 2. The van der Waals surface area contributed by atoms with Gasteiger partial charge in [-0.15, -0.1) is 0 Å². The first-order valence-electron chi connectivity index (χ1n) is 8.37. The molecule has 2 N–H and O–H groups in total. The van der Waals surface area contributed by atoms with E-state index in [1.54, 1.807) is 0 Å². The molecular weight excluding hydrogens is 414 g/mol. The number of anilines is 1. The number of para-hydroxylation sites is 2. The molecule has 12 heteroatoms. The lowest BCUT2D eigenvalue weighted by Crippen LogP contribution is -2.25. The van der Waals surface area contributed by atoms with Crippen molar-refractivity contribution in [3.05, 3.63) is 42.2 Å². The molecule has 1 aliphatic rings. The molecule has 0 radical (unpaired) electrons. The summed E-state index contributed by atoms with van der Waals surface area (Å²) in [5.41, 5.74) is -0.0358. The molecule has 9 nitrogen and oxygen atoms in total. The number of carbonyl (C=O) groups excluding carboxylic acids is 2. The quantitative estimate of drug-likeness (QED) is 0.584. The van der Waals surface area contributed by atoms with E-state index in [-0.39, 0.29) is 17.5 Å². The van der Waals surface area contributed by atoms with Crippen LogP contribution in [-0.4, -0.2) is 39.6 Å². The van der Waals surface area contributed by atoms with Crippen LogP contribution >= 0.6 is 0 Å². The van der Waals surface area contributed by atoms with E-state index < -0.39 is 46.0 Å². The molecular formula is C17H16F2N2O7S. The van der Waals surface area contributed by atoms with Crippen LogP contribution in [0, 0.1) is 0 Å². The molecule has 1 aromatic heterocycles. The highest BCUT2D eigenvalue weighted by atomic mass is 32.2. The molecule has 1 fully saturated rings. The van der Waals surface area contributed by atoms with Crippen LogP contribution in [0.5, 0.6) is 5.75 Å². The molecule has 29 heavy (non-hydrogen) atoms. The number of hydrogen-bond acceptors (Lipinski definition) is 7. The van der Waals surface area contributed by atoms with Crippen LogP contribution < -0.4 is 14.8 Å². The smallest absolute Gasteiger partial charge is 0.387 e. The average molecular weight is 430 g/mol. The summed E-state index contributed by atoms with van der Waals surface area (Å²) in [7, 11) is -3.88. The van der Waals surface area contributed by atoms with Crippen molar-refractivity contribution in [3.63, 3.8) is 0 Å². The molecule has 1 aliphatic carbocycles. The van der Waals surface area contributed by atoms with E-state index in [1.807, 2.05) is 0 Å². The lowest BCUT2D eigenvalue weighted by molar-refractivity contribution is -0.119. The number of halogens is 2. The number of carbonyl (C=O) groups is 2. The maximum absolute atomic E-state index is 12.4. The van der Waals surface area contributed by atoms with Crippen molar-refractivity contribution in [2.24, 2.45) is 0 Å². The standard InChI is InChI=1S/C17H16F2N2O7S/c18-17(19)28-12-4-2-1-3-11(12)20-14(22)9-26-16(23)13-7-8-15(27-13)29(24,25)21-10-5-6-10/h1-4,7-8,10,17,21H,5-6,9H2,(H,20,22). The van der Waals surface area contributed by atoms with Gasteiger partial charge in [0, 0.05) is 6.04 Å². The Hall–Kier alpha value is -2.99. The molecule has 0 bridgehead atoms. The fourth-order valence-electron chi connectivity index (χ4n) is 2.21. The summed E-state index contributed by atoms with van der Waals surface area (Å²) in [6.07, 6.45) is 1.46. The fraction of sp³-hybridized carbons (Fsp3) is 0.294. The Balaban J connectivity index is 1.55. The number of alkyl halides is 2. The van der Waals surface area contributed by atoms with Crippen molar-refractivity contribution < 1.29 is 40.7 Å². The molecule has 1 aromatic carbocycles. The predicted octanol–water partition coefficient (Wildman–Crippen LogP) is 2.12. The number of hydrogen-bond donors (Lipinski definition) is 2. The lowest BCUT2D eigenvalue weighted by atomic mass is 10.3. The van der Waals surface area contributed by atoms with E-state index in [0.717, 1.165) is 25.0 Å². The van der Waals surface area contributed by atoms with Crippen LogP contribution in [0.2, 0.25) is 0 Å². The summed E-state index contributed by atoms with van der Waals surface area (Å²) in [4.78, 5) is 23.9. The van der Waals surface area contributed by atoms with Crippen LogP contribution in [0.15, 0.2) is 45.9 Å². The van der Waals surface area contributed by atoms with Crippen LogP contribution in [0.1, 0.15) is 23.4 Å². The van der Waals surface area contributed by atoms with Gasteiger partial charge in [-0.1, -0.05) is 12.1 Å².